The van der Waals surface area contributed by atoms with Crippen molar-refractivity contribution in [3.8, 4) is 12.3 Å². The number of halogens is 2. The third-order valence-electron chi connectivity index (χ3n) is 3.56. The highest BCUT2D eigenvalue weighted by molar-refractivity contribution is 6.34. The molecule has 0 saturated carbocycles. The van der Waals surface area contributed by atoms with Crippen LogP contribution in [0.3, 0.4) is 0 Å². The normalized spacial score (nSPS) is 15.2. The number of fused-ring (bicyclic) bond motifs is 1. The average molecular weight is 373 g/mol. The molecule has 6 N–H and O–H groups in total. The maximum atomic E-state index is 9.28. The fourth-order valence-corrected chi connectivity index (χ4v) is 3.10. The summed E-state index contributed by atoms with van der Waals surface area (Å²) >= 11 is 12.2. The topological polar surface area (TPSA) is 149 Å². The van der Waals surface area contributed by atoms with Gasteiger partial charge in [0.1, 0.15) is 29.3 Å². The summed E-state index contributed by atoms with van der Waals surface area (Å²) in [7, 11) is 0. The summed E-state index contributed by atoms with van der Waals surface area (Å²) in [6.07, 6.45) is 1.78. The summed E-state index contributed by atoms with van der Waals surface area (Å²) in [6, 6.07) is 6.18. The SMILES string of the molecule is N#CNC1=NC(c2cc(Cl)cc(Cl)c2)c2c(nc(N)c(C#N)c2N)N1. The second kappa shape index (κ2) is 6.36. The van der Waals surface area contributed by atoms with E-state index in [1.165, 1.54) is 0 Å². The molecular weight excluding hydrogens is 363 g/mol. The molecule has 10 heteroatoms. The van der Waals surface area contributed by atoms with Crippen LogP contribution in [0.1, 0.15) is 22.7 Å². The van der Waals surface area contributed by atoms with Gasteiger partial charge in [0, 0.05) is 15.6 Å². The molecule has 25 heavy (non-hydrogen) atoms. The maximum Gasteiger partial charge on any atom is 0.211 e. The highest BCUT2D eigenvalue weighted by atomic mass is 35.5. The number of rotatable bonds is 1. The van der Waals surface area contributed by atoms with E-state index < -0.39 is 6.04 Å². The number of anilines is 3. The van der Waals surface area contributed by atoms with Crippen LogP contribution in [0.15, 0.2) is 23.2 Å². The number of hydrogen-bond donors (Lipinski definition) is 4. The zero-order valence-corrected chi connectivity index (χ0v) is 14.0. The van der Waals surface area contributed by atoms with Gasteiger partial charge in [0.25, 0.3) is 0 Å². The zero-order chi connectivity index (χ0) is 18.1. The van der Waals surface area contributed by atoms with E-state index in [0.29, 0.717) is 27.0 Å². The van der Waals surface area contributed by atoms with Gasteiger partial charge in [-0.1, -0.05) is 23.2 Å². The van der Waals surface area contributed by atoms with Gasteiger partial charge in [0.05, 0.1) is 5.69 Å². The molecule has 2 heterocycles. The first kappa shape index (κ1) is 16.7. The van der Waals surface area contributed by atoms with Gasteiger partial charge in [0.15, 0.2) is 6.19 Å². The number of nitriles is 2. The predicted octanol–water partition coefficient (Wildman–Crippen LogP) is 2.37. The number of aromatic nitrogens is 1. The van der Waals surface area contributed by atoms with Crippen LogP contribution < -0.4 is 22.1 Å². The Morgan fingerprint density at radius 1 is 1.16 bits per heavy atom. The summed E-state index contributed by atoms with van der Waals surface area (Å²) in [4.78, 5) is 8.58. The molecule has 0 spiro atoms. The molecule has 0 amide bonds. The molecule has 0 fully saturated rings. The summed E-state index contributed by atoms with van der Waals surface area (Å²) in [5.74, 6) is 0.433. The molecule has 0 saturated heterocycles. The van der Waals surface area contributed by atoms with Crippen molar-refractivity contribution in [3.63, 3.8) is 0 Å². The molecule has 1 atom stereocenters. The van der Waals surface area contributed by atoms with Crippen LogP contribution in [0.2, 0.25) is 10.0 Å². The number of guanidine groups is 1. The largest absolute Gasteiger partial charge is 0.397 e. The van der Waals surface area contributed by atoms with E-state index in [1.54, 1.807) is 24.4 Å². The average Bonchev–Trinajstić information content (AvgIpc) is 2.53. The fourth-order valence-electron chi connectivity index (χ4n) is 2.56. The van der Waals surface area contributed by atoms with Gasteiger partial charge >= 0.3 is 0 Å². The lowest BCUT2D eigenvalue weighted by Crippen LogP contribution is -2.32. The van der Waals surface area contributed by atoms with Crippen molar-refractivity contribution in [2.24, 2.45) is 4.99 Å². The summed E-state index contributed by atoms with van der Waals surface area (Å²) in [5.41, 5.74) is 13.2. The molecule has 1 aliphatic heterocycles. The van der Waals surface area contributed by atoms with Crippen molar-refractivity contribution in [2.45, 2.75) is 6.04 Å². The molecule has 0 radical (unpaired) electrons. The van der Waals surface area contributed by atoms with Gasteiger partial charge in [-0.25, -0.2) is 9.98 Å². The highest BCUT2D eigenvalue weighted by Crippen LogP contribution is 2.41. The lowest BCUT2D eigenvalue weighted by molar-refractivity contribution is 0.847. The number of benzene rings is 1. The van der Waals surface area contributed by atoms with E-state index in [2.05, 4.69) is 20.6 Å². The van der Waals surface area contributed by atoms with Gasteiger partial charge in [-0.3, -0.25) is 5.32 Å². The van der Waals surface area contributed by atoms with Gasteiger partial charge in [-0.15, -0.1) is 0 Å². The molecule has 2 aromatic rings. The molecule has 0 aliphatic carbocycles. The van der Waals surface area contributed by atoms with Crippen LogP contribution in [0.5, 0.6) is 0 Å². The van der Waals surface area contributed by atoms with Crippen LogP contribution in [-0.2, 0) is 0 Å². The van der Waals surface area contributed by atoms with Crippen LogP contribution in [0.4, 0.5) is 17.3 Å². The number of nitrogens with one attached hydrogen (secondary N) is 2. The second-order valence-corrected chi connectivity index (χ2v) is 5.98. The lowest BCUT2D eigenvalue weighted by atomic mass is 9.95. The first-order valence-corrected chi connectivity index (χ1v) is 7.65. The zero-order valence-electron chi connectivity index (χ0n) is 12.5. The third kappa shape index (κ3) is 2.96. The second-order valence-electron chi connectivity index (χ2n) is 5.10. The van der Waals surface area contributed by atoms with E-state index in [4.69, 9.17) is 39.9 Å². The van der Waals surface area contributed by atoms with E-state index >= 15 is 0 Å². The van der Waals surface area contributed by atoms with Crippen LogP contribution >= 0.6 is 23.2 Å². The number of nitrogens with two attached hydrogens (primary N) is 2. The Labute approximate surface area is 152 Å². The number of nitrogen functional groups attached to an aromatic ring is 2. The van der Waals surface area contributed by atoms with E-state index in [9.17, 15) is 5.26 Å². The summed E-state index contributed by atoms with van der Waals surface area (Å²) < 4.78 is 0. The van der Waals surface area contributed by atoms with Crippen LogP contribution in [0, 0.1) is 22.8 Å². The van der Waals surface area contributed by atoms with Crippen LogP contribution in [0.25, 0.3) is 0 Å². The van der Waals surface area contributed by atoms with Crippen molar-refractivity contribution in [1.82, 2.24) is 10.3 Å². The molecule has 0 bridgehead atoms. The first-order valence-electron chi connectivity index (χ1n) is 6.89. The number of hydrogen-bond acceptors (Lipinski definition) is 8. The van der Waals surface area contributed by atoms with Crippen molar-refractivity contribution in [3.05, 3.63) is 44.9 Å². The van der Waals surface area contributed by atoms with Crippen molar-refractivity contribution in [2.75, 3.05) is 16.8 Å². The Bertz CT molecular complexity index is 966. The minimum atomic E-state index is -0.677. The molecule has 1 aromatic carbocycles. The van der Waals surface area contributed by atoms with Crippen molar-refractivity contribution < 1.29 is 0 Å². The lowest BCUT2D eigenvalue weighted by Gasteiger charge is -2.26. The smallest absolute Gasteiger partial charge is 0.211 e. The molecule has 1 aliphatic rings. The Kier molecular flexibility index (Phi) is 4.24. The minimum absolute atomic E-state index is 0.0210. The fraction of sp³-hybridized carbons (Fsp3) is 0.0667. The van der Waals surface area contributed by atoms with Gasteiger partial charge in [-0.05, 0) is 23.8 Å². The molecular formula is C15H10Cl2N8. The molecule has 8 nitrogen and oxygen atoms in total. The quantitative estimate of drug-likeness (QED) is 0.443. The van der Waals surface area contributed by atoms with E-state index in [1.807, 2.05) is 6.07 Å². The number of aliphatic imine (C=N–C) groups is 1. The molecule has 1 aromatic heterocycles. The Morgan fingerprint density at radius 2 is 1.84 bits per heavy atom. The van der Waals surface area contributed by atoms with Gasteiger partial charge in [-0.2, -0.15) is 10.5 Å². The minimum Gasteiger partial charge on any atom is -0.397 e. The maximum absolute atomic E-state index is 9.28. The standard InChI is InChI=1S/C15H10Cl2N8/c16-7-1-6(2-8(17)3-7)12-10-11(20)9(4-18)13(21)24-14(10)25-15(23-12)22-5-19/h1-3,12H,(H6,20,21,22,23,24,25). The Morgan fingerprint density at radius 3 is 2.44 bits per heavy atom. The number of pyridine rings is 1. The van der Waals surface area contributed by atoms with Crippen LogP contribution in [-0.4, -0.2) is 10.9 Å². The first-order chi connectivity index (χ1) is 11.9. The monoisotopic (exact) mass is 372 g/mol. The predicted molar refractivity (Wildman–Crippen MR) is 95.9 cm³/mol. The molecule has 3 rings (SSSR count). The van der Waals surface area contributed by atoms with Gasteiger partial charge < -0.3 is 16.8 Å². The molecule has 124 valence electrons. The Balaban J connectivity index is 2.27. The molecule has 1 unspecified atom stereocenters. The Hall–Kier alpha value is -3.20. The van der Waals surface area contributed by atoms with Gasteiger partial charge in [0.2, 0.25) is 5.96 Å². The summed E-state index contributed by atoms with van der Waals surface area (Å²) in [6.45, 7) is 0. The van der Waals surface area contributed by atoms with E-state index in [0.717, 1.165) is 0 Å². The van der Waals surface area contributed by atoms with E-state index in [-0.39, 0.29) is 23.0 Å². The summed E-state index contributed by atoms with van der Waals surface area (Å²) in [5, 5.41) is 24.2. The van der Waals surface area contributed by atoms with Crippen molar-refractivity contribution in [1.29, 1.82) is 10.5 Å². The third-order valence-corrected chi connectivity index (χ3v) is 3.99. The highest BCUT2D eigenvalue weighted by Gasteiger charge is 2.29. The van der Waals surface area contributed by atoms with Crippen molar-refractivity contribution >= 4 is 46.5 Å². The number of nitrogens with zero attached hydrogens (tertiary/aromatic N) is 4.